The Labute approximate surface area is 103 Å². The van der Waals surface area contributed by atoms with Crippen LogP contribution in [-0.2, 0) is 6.42 Å². The summed E-state index contributed by atoms with van der Waals surface area (Å²) in [5, 5.41) is 0. The van der Waals surface area contributed by atoms with E-state index in [0.29, 0.717) is 6.10 Å². The van der Waals surface area contributed by atoms with Crippen molar-refractivity contribution in [2.24, 2.45) is 0 Å². The molecule has 1 aromatic rings. The van der Waals surface area contributed by atoms with Crippen LogP contribution in [0.2, 0.25) is 0 Å². The molecular formula is C14H21NO2. The number of rotatable bonds is 4. The molecular weight excluding hydrogens is 214 g/mol. The molecule has 0 amide bonds. The van der Waals surface area contributed by atoms with Crippen molar-refractivity contribution < 1.29 is 9.47 Å². The average molecular weight is 235 g/mol. The minimum Gasteiger partial charge on any atom is -0.485 e. The van der Waals surface area contributed by atoms with E-state index in [0.717, 1.165) is 36.5 Å². The van der Waals surface area contributed by atoms with E-state index in [1.54, 1.807) is 6.20 Å². The van der Waals surface area contributed by atoms with Gasteiger partial charge in [0.2, 0.25) is 0 Å². The number of aryl methyl sites for hydroxylation is 1. The van der Waals surface area contributed by atoms with Crippen LogP contribution in [0.5, 0.6) is 11.5 Å². The Balaban J connectivity index is 2.28. The first kappa shape index (κ1) is 12.2. The van der Waals surface area contributed by atoms with Crippen molar-refractivity contribution in [3.05, 3.63) is 18.0 Å². The zero-order valence-electron chi connectivity index (χ0n) is 11.1. The highest BCUT2D eigenvalue weighted by Crippen LogP contribution is 2.37. The largest absolute Gasteiger partial charge is 0.485 e. The van der Waals surface area contributed by atoms with Crippen LogP contribution in [0.3, 0.4) is 0 Å². The number of hydrogen-bond acceptors (Lipinski definition) is 3. The van der Waals surface area contributed by atoms with Crippen LogP contribution in [0.4, 0.5) is 0 Å². The molecule has 17 heavy (non-hydrogen) atoms. The highest BCUT2D eigenvalue weighted by atomic mass is 16.5. The summed E-state index contributed by atoms with van der Waals surface area (Å²) in [5.41, 5.74) is 0.771. The molecule has 3 nitrogen and oxygen atoms in total. The average Bonchev–Trinajstić information content (AvgIpc) is 3.02. The fourth-order valence-electron chi connectivity index (χ4n) is 1.61. The Morgan fingerprint density at radius 1 is 1.35 bits per heavy atom. The normalized spacial score (nSPS) is 15.8. The second-order valence-electron chi connectivity index (χ2n) is 5.47. The van der Waals surface area contributed by atoms with Crippen LogP contribution in [-0.4, -0.2) is 16.7 Å². The lowest BCUT2D eigenvalue weighted by atomic mass is 10.2. The third-order valence-electron chi connectivity index (χ3n) is 2.50. The minimum absolute atomic E-state index is 0.214. The molecule has 1 heterocycles. The van der Waals surface area contributed by atoms with Gasteiger partial charge in [0.15, 0.2) is 11.5 Å². The molecule has 0 saturated heterocycles. The van der Waals surface area contributed by atoms with Gasteiger partial charge in [0.05, 0.1) is 11.8 Å². The van der Waals surface area contributed by atoms with Crippen molar-refractivity contribution >= 4 is 0 Å². The van der Waals surface area contributed by atoms with Gasteiger partial charge in [-0.2, -0.15) is 0 Å². The SMILES string of the molecule is CCc1nccc(OC(C)(C)C)c1OC1CC1. The van der Waals surface area contributed by atoms with E-state index in [1.165, 1.54) is 0 Å². The standard InChI is InChI=1S/C14H21NO2/c1-5-11-13(16-10-6-7-10)12(8-9-15-11)17-14(2,3)4/h8-10H,5-7H2,1-4H3. The maximum absolute atomic E-state index is 5.94. The second-order valence-corrected chi connectivity index (χ2v) is 5.47. The fourth-order valence-corrected chi connectivity index (χ4v) is 1.61. The second kappa shape index (κ2) is 4.55. The molecule has 1 fully saturated rings. The summed E-state index contributed by atoms with van der Waals surface area (Å²) in [5.74, 6) is 1.66. The van der Waals surface area contributed by atoms with Crippen LogP contribution in [0.15, 0.2) is 12.3 Å². The first-order valence-electron chi connectivity index (χ1n) is 6.33. The van der Waals surface area contributed by atoms with Gasteiger partial charge in [-0.25, -0.2) is 0 Å². The molecule has 3 heteroatoms. The predicted octanol–water partition coefficient (Wildman–Crippen LogP) is 3.36. The van der Waals surface area contributed by atoms with Gasteiger partial charge in [-0.05, 0) is 40.0 Å². The Kier molecular flexibility index (Phi) is 3.27. The van der Waals surface area contributed by atoms with Crippen LogP contribution >= 0.6 is 0 Å². The lowest BCUT2D eigenvalue weighted by Gasteiger charge is -2.23. The number of aromatic nitrogens is 1. The first-order valence-corrected chi connectivity index (χ1v) is 6.33. The summed E-state index contributed by atoms with van der Waals surface area (Å²) < 4.78 is 11.9. The minimum atomic E-state index is -0.214. The Morgan fingerprint density at radius 2 is 2.06 bits per heavy atom. The topological polar surface area (TPSA) is 31.4 Å². The van der Waals surface area contributed by atoms with E-state index in [-0.39, 0.29) is 5.60 Å². The molecule has 0 atom stereocenters. The summed E-state index contributed by atoms with van der Waals surface area (Å²) in [6.07, 6.45) is 5.31. The molecule has 2 rings (SSSR count). The van der Waals surface area contributed by atoms with Crippen LogP contribution in [0.1, 0.15) is 46.2 Å². The molecule has 94 valence electrons. The third-order valence-corrected chi connectivity index (χ3v) is 2.50. The summed E-state index contributed by atoms with van der Waals surface area (Å²) in [6.45, 7) is 8.21. The van der Waals surface area contributed by atoms with E-state index >= 15 is 0 Å². The molecule has 1 aliphatic carbocycles. The van der Waals surface area contributed by atoms with E-state index < -0.39 is 0 Å². The van der Waals surface area contributed by atoms with E-state index in [4.69, 9.17) is 9.47 Å². The fraction of sp³-hybridized carbons (Fsp3) is 0.643. The van der Waals surface area contributed by atoms with Gasteiger partial charge < -0.3 is 9.47 Å². The summed E-state index contributed by atoms with van der Waals surface area (Å²) in [7, 11) is 0. The Hall–Kier alpha value is -1.25. The number of pyridine rings is 1. The quantitative estimate of drug-likeness (QED) is 0.802. The van der Waals surface area contributed by atoms with E-state index in [9.17, 15) is 0 Å². The predicted molar refractivity (Wildman–Crippen MR) is 67.6 cm³/mol. The number of ether oxygens (including phenoxy) is 2. The summed E-state index contributed by atoms with van der Waals surface area (Å²) in [4.78, 5) is 4.36. The molecule has 0 unspecified atom stereocenters. The lowest BCUT2D eigenvalue weighted by molar-refractivity contribution is 0.122. The number of nitrogens with zero attached hydrogens (tertiary/aromatic N) is 1. The van der Waals surface area contributed by atoms with Gasteiger partial charge in [0.25, 0.3) is 0 Å². The number of hydrogen-bond donors (Lipinski definition) is 0. The molecule has 1 aliphatic rings. The molecule has 1 saturated carbocycles. The zero-order chi connectivity index (χ0) is 12.5. The molecule has 0 N–H and O–H groups in total. The van der Waals surface area contributed by atoms with Crippen molar-refractivity contribution in [2.75, 3.05) is 0 Å². The van der Waals surface area contributed by atoms with Gasteiger partial charge in [-0.3, -0.25) is 4.98 Å². The van der Waals surface area contributed by atoms with Crippen molar-refractivity contribution in [2.45, 2.75) is 58.7 Å². The highest BCUT2D eigenvalue weighted by Gasteiger charge is 2.27. The lowest BCUT2D eigenvalue weighted by Crippen LogP contribution is -2.23. The monoisotopic (exact) mass is 235 g/mol. The molecule has 1 aromatic heterocycles. The van der Waals surface area contributed by atoms with Gasteiger partial charge in [-0.1, -0.05) is 6.92 Å². The summed E-state index contributed by atoms with van der Waals surface area (Å²) >= 11 is 0. The van der Waals surface area contributed by atoms with Gasteiger partial charge in [0, 0.05) is 12.3 Å². The van der Waals surface area contributed by atoms with Crippen LogP contribution < -0.4 is 9.47 Å². The third kappa shape index (κ3) is 3.35. The molecule has 0 bridgehead atoms. The van der Waals surface area contributed by atoms with Crippen LogP contribution in [0.25, 0.3) is 0 Å². The Morgan fingerprint density at radius 3 is 2.59 bits per heavy atom. The van der Waals surface area contributed by atoms with E-state index in [2.05, 4.69) is 11.9 Å². The van der Waals surface area contributed by atoms with Crippen molar-refractivity contribution in [1.29, 1.82) is 0 Å². The smallest absolute Gasteiger partial charge is 0.183 e. The highest BCUT2D eigenvalue weighted by molar-refractivity contribution is 5.43. The molecule has 0 radical (unpaired) electrons. The maximum atomic E-state index is 5.94. The molecule has 0 aliphatic heterocycles. The van der Waals surface area contributed by atoms with Crippen molar-refractivity contribution in [1.82, 2.24) is 4.98 Å². The van der Waals surface area contributed by atoms with Crippen molar-refractivity contribution in [3.8, 4) is 11.5 Å². The van der Waals surface area contributed by atoms with Crippen molar-refractivity contribution in [3.63, 3.8) is 0 Å². The first-order chi connectivity index (χ1) is 7.99. The maximum Gasteiger partial charge on any atom is 0.183 e. The molecule has 0 aromatic carbocycles. The van der Waals surface area contributed by atoms with Gasteiger partial charge in [-0.15, -0.1) is 0 Å². The van der Waals surface area contributed by atoms with Crippen LogP contribution in [0, 0.1) is 0 Å². The molecule has 0 spiro atoms. The zero-order valence-corrected chi connectivity index (χ0v) is 11.1. The summed E-state index contributed by atoms with van der Waals surface area (Å²) in [6, 6.07) is 1.89. The Bertz CT molecular complexity index is 392. The van der Waals surface area contributed by atoms with Gasteiger partial charge in [0.1, 0.15) is 5.60 Å². The van der Waals surface area contributed by atoms with E-state index in [1.807, 2.05) is 26.8 Å². The van der Waals surface area contributed by atoms with Gasteiger partial charge >= 0.3 is 0 Å².